The van der Waals surface area contributed by atoms with Gasteiger partial charge in [-0.15, -0.1) is 10.2 Å². The normalized spacial score (nSPS) is 11.4. The van der Waals surface area contributed by atoms with E-state index < -0.39 is 17.9 Å². The fourth-order valence-electron chi connectivity index (χ4n) is 2.34. The number of carbonyl (C=O) groups is 2. The third kappa shape index (κ3) is 4.63. The first-order valence-corrected chi connectivity index (χ1v) is 9.10. The number of amides is 1. The van der Waals surface area contributed by atoms with Crippen molar-refractivity contribution in [3.63, 3.8) is 0 Å². The highest BCUT2D eigenvalue weighted by atomic mass is 32.1. The van der Waals surface area contributed by atoms with E-state index in [0.29, 0.717) is 15.7 Å². The molecule has 0 saturated carbocycles. The zero-order chi connectivity index (χ0) is 19.9. The van der Waals surface area contributed by atoms with Crippen molar-refractivity contribution in [1.82, 2.24) is 15.5 Å². The molecule has 0 aliphatic heterocycles. The van der Waals surface area contributed by atoms with Gasteiger partial charge in [-0.2, -0.15) is 0 Å². The second-order valence-corrected chi connectivity index (χ2v) is 6.60. The van der Waals surface area contributed by atoms with Gasteiger partial charge in [0.25, 0.3) is 5.91 Å². The molecule has 1 aromatic heterocycles. The third-order valence-corrected chi connectivity index (χ3v) is 4.68. The summed E-state index contributed by atoms with van der Waals surface area (Å²) in [7, 11) is 2.84. The minimum atomic E-state index is -1.05. The van der Waals surface area contributed by atoms with Crippen LogP contribution in [0.5, 0.6) is 5.75 Å². The van der Waals surface area contributed by atoms with Crippen molar-refractivity contribution in [2.75, 3.05) is 19.5 Å². The van der Waals surface area contributed by atoms with Crippen LogP contribution in [0.25, 0.3) is 0 Å². The van der Waals surface area contributed by atoms with E-state index >= 15 is 0 Å². The van der Waals surface area contributed by atoms with E-state index in [1.165, 1.54) is 7.11 Å². The van der Waals surface area contributed by atoms with Crippen LogP contribution in [0.3, 0.4) is 0 Å². The van der Waals surface area contributed by atoms with Gasteiger partial charge in [0, 0.05) is 11.3 Å². The molecule has 0 radical (unpaired) electrons. The molecule has 28 heavy (non-hydrogen) atoms. The first-order valence-electron chi connectivity index (χ1n) is 8.29. The number of esters is 1. The Kier molecular flexibility index (Phi) is 6.18. The first-order chi connectivity index (χ1) is 13.6. The van der Waals surface area contributed by atoms with Crippen LogP contribution in [0.2, 0.25) is 0 Å². The number of hydrogen-bond donors (Lipinski definition) is 2. The van der Waals surface area contributed by atoms with Gasteiger partial charge in [0.1, 0.15) is 5.75 Å². The van der Waals surface area contributed by atoms with Crippen LogP contribution in [-0.2, 0) is 9.53 Å². The summed E-state index contributed by atoms with van der Waals surface area (Å²) in [5.74, 6) is -0.301. The number of methoxy groups -OCH3 is 2. The van der Waals surface area contributed by atoms with Crippen molar-refractivity contribution in [1.29, 1.82) is 0 Å². The van der Waals surface area contributed by atoms with Gasteiger partial charge >= 0.3 is 5.97 Å². The van der Waals surface area contributed by atoms with E-state index in [1.54, 1.807) is 37.4 Å². The van der Waals surface area contributed by atoms with Gasteiger partial charge in [-0.05, 0) is 36.4 Å². The molecule has 0 fully saturated rings. The van der Waals surface area contributed by atoms with Gasteiger partial charge in [-0.1, -0.05) is 29.5 Å². The van der Waals surface area contributed by atoms with Crippen molar-refractivity contribution in [2.45, 2.75) is 6.04 Å². The SMILES string of the molecule is COC(=O)[C@@H](NC(=O)c1ccccc1)c1nnc(Nc2ccc(OC)cc2)s1. The largest absolute Gasteiger partial charge is 0.497 e. The number of ether oxygens (including phenoxy) is 2. The smallest absolute Gasteiger partial charge is 0.335 e. The van der Waals surface area contributed by atoms with Crippen molar-refractivity contribution in [3.05, 3.63) is 65.2 Å². The van der Waals surface area contributed by atoms with Gasteiger partial charge in [0.05, 0.1) is 14.2 Å². The molecule has 0 saturated heterocycles. The molecule has 0 spiro atoms. The Morgan fingerprint density at radius 2 is 1.71 bits per heavy atom. The summed E-state index contributed by atoms with van der Waals surface area (Å²) < 4.78 is 9.93. The number of carbonyl (C=O) groups excluding carboxylic acids is 2. The number of hydrogen-bond acceptors (Lipinski definition) is 8. The van der Waals surface area contributed by atoms with E-state index in [2.05, 4.69) is 20.8 Å². The monoisotopic (exact) mass is 398 g/mol. The molecule has 0 bridgehead atoms. The summed E-state index contributed by atoms with van der Waals surface area (Å²) in [6, 6.07) is 14.8. The summed E-state index contributed by atoms with van der Waals surface area (Å²) in [5, 5.41) is 14.6. The molecule has 1 heterocycles. The summed E-state index contributed by atoms with van der Waals surface area (Å²) in [5.41, 5.74) is 1.21. The second-order valence-electron chi connectivity index (χ2n) is 5.59. The van der Waals surface area contributed by atoms with Crippen LogP contribution in [0.4, 0.5) is 10.8 Å². The molecule has 0 aliphatic carbocycles. The zero-order valence-electron chi connectivity index (χ0n) is 15.2. The zero-order valence-corrected chi connectivity index (χ0v) is 16.0. The standard InChI is InChI=1S/C19H18N4O4S/c1-26-14-10-8-13(9-11-14)20-19-23-22-17(28-19)15(18(25)27-2)21-16(24)12-6-4-3-5-7-12/h3-11,15H,1-2H3,(H,20,23)(H,21,24)/t15-/m0/s1. The van der Waals surface area contributed by atoms with Crippen molar-refractivity contribution in [3.8, 4) is 5.75 Å². The highest BCUT2D eigenvalue weighted by molar-refractivity contribution is 7.15. The summed E-state index contributed by atoms with van der Waals surface area (Å²) in [6.45, 7) is 0. The topological polar surface area (TPSA) is 102 Å². The quantitative estimate of drug-likeness (QED) is 0.590. The Morgan fingerprint density at radius 3 is 2.36 bits per heavy atom. The molecular weight excluding hydrogens is 380 g/mol. The molecule has 144 valence electrons. The Morgan fingerprint density at radius 1 is 1.00 bits per heavy atom. The maximum atomic E-state index is 12.4. The maximum absolute atomic E-state index is 12.4. The van der Waals surface area contributed by atoms with E-state index in [-0.39, 0.29) is 0 Å². The first kappa shape index (κ1) is 19.3. The van der Waals surface area contributed by atoms with Gasteiger partial charge in [0.15, 0.2) is 11.0 Å². The number of aromatic nitrogens is 2. The van der Waals surface area contributed by atoms with E-state index in [4.69, 9.17) is 9.47 Å². The molecule has 3 aromatic rings. The van der Waals surface area contributed by atoms with Crippen LogP contribution in [0.1, 0.15) is 21.4 Å². The van der Waals surface area contributed by atoms with E-state index in [9.17, 15) is 9.59 Å². The predicted octanol–water partition coefficient (Wildman–Crippen LogP) is 2.93. The van der Waals surface area contributed by atoms with E-state index in [1.807, 2.05) is 24.3 Å². The molecular formula is C19H18N4O4S. The number of anilines is 2. The Balaban J connectivity index is 1.75. The van der Waals surface area contributed by atoms with Crippen molar-refractivity contribution >= 4 is 34.0 Å². The van der Waals surface area contributed by atoms with Gasteiger partial charge < -0.3 is 20.1 Å². The molecule has 1 atom stereocenters. The molecule has 9 heteroatoms. The fraction of sp³-hybridized carbons (Fsp3) is 0.158. The van der Waals surface area contributed by atoms with Crippen LogP contribution in [0, 0.1) is 0 Å². The number of rotatable bonds is 7. The second kappa shape index (κ2) is 8.96. The lowest BCUT2D eigenvalue weighted by molar-refractivity contribution is -0.143. The van der Waals surface area contributed by atoms with Crippen molar-refractivity contribution in [2.24, 2.45) is 0 Å². The highest BCUT2D eigenvalue weighted by Crippen LogP contribution is 2.26. The summed E-state index contributed by atoms with van der Waals surface area (Å²) in [4.78, 5) is 24.6. The molecule has 3 rings (SSSR count). The molecule has 1 amide bonds. The Labute approximate surface area is 165 Å². The van der Waals surface area contributed by atoms with Gasteiger partial charge in [-0.3, -0.25) is 4.79 Å². The van der Waals surface area contributed by atoms with E-state index in [0.717, 1.165) is 22.8 Å². The third-order valence-electron chi connectivity index (χ3n) is 3.78. The minimum absolute atomic E-state index is 0.312. The average Bonchev–Trinajstić information content (AvgIpc) is 3.20. The Bertz CT molecular complexity index is 944. The average molecular weight is 398 g/mol. The number of nitrogens with zero attached hydrogens (tertiary/aromatic N) is 2. The molecule has 2 N–H and O–H groups in total. The molecule has 0 unspecified atom stereocenters. The predicted molar refractivity (Wildman–Crippen MR) is 105 cm³/mol. The lowest BCUT2D eigenvalue weighted by Crippen LogP contribution is -2.34. The number of nitrogens with one attached hydrogen (secondary N) is 2. The van der Waals surface area contributed by atoms with Crippen LogP contribution < -0.4 is 15.4 Å². The lowest BCUT2D eigenvalue weighted by atomic mass is 10.2. The highest BCUT2D eigenvalue weighted by Gasteiger charge is 2.28. The van der Waals surface area contributed by atoms with Crippen molar-refractivity contribution < 1.29 is 19.1 Å². The number of benzene rings is 2. The van der Waals surface area contributed by atoms with Crippen LogP contribution in [0.15, 0.2) is 54.6 Å². The van der Waals surface area contributed by atoms with Gasteiger partial charge in [-0.25, -0.2) is 4.79 Å². The molecule has 8 nitrogen and oxygen atoms in total. The summed E-state index contributed by atoms with van der Waals surface area (Å²) in [6.07, 6.45) is 0. The lowest BCUT2D eigenvalue weighted by Gasteiger charge is -2.13. The minimum Gasteiger partial charge on any atom is -0.497 e. The van der Waals surface area contributed by atoms with Gasteiger partial charge in [0.2, 0.25) is 5.13 Å². The van der Waals surface area contributed by atoms with Crippen LogP contribution >= 0.6 is 11.3 Å². The fourth-order valence-corrected chi connectivity index (χ4v) is 3.15. The summed E-state index contributed by atoms with van der Waals surface area (Å²) >= 11 is 1.15. The van der Waals surface area contributed by atoms with Crippen LogP contribution in [-0.4, -0.2) is 36.3 Å². The molecule has 0 aliphatic rings. The maximum Gasteiger partial charge on any atom is 0.335 e. The Hall–Kier alpha value is -3.46. The molecule has 2 aromatic carbocycles.